The van der Waals surface area contributed by atoms with E-state index in [0.29, 0.717) is 16.4 Å². The predicted octanol–water partition coefficient (Wildman–Crippen LogP) is 6.26. The molecular formula is C25H21ClF2N2O2. The maximum atomic E-state index is 13.4. The van der Waals surface area contributed by atoms with E-state index in [4.69, 9.17) is 11.6 Å². The Morgan fingerprint density at radius 3 is 2.38 bits per heavy atom. The van der Waals surface area contributed by atoms with Gasteiger partial charge in [0.25, 0.3) is 5.91 Å². The van der Waals surface area contributed by atoms with E-state index >= 15 is 0 Å². The van der Waals surface area contributed by atoms with Gasteiger partial charge in [-0.25, -0.2) is 0 Å². The van der Waals surface area contributed by atoms with Gasteiger partial charge in [-0.2, -0.15) is 8.78 Å². The van der Waals surface area contributed by atoms with E-state index in [1.165, 1.54) is 12.1 Å². The summed E-state index contributed by atoms with van der Waals surface area (Å²) in [5, 5.41) is 3.87. The van der Waals surface area contributed by atoms with Crippen LogP contribution in [0, 0.1) is 0 Å². The molecule has 0 saturated carbocycles. The van der Waals surface area contributed by atoms with Crippen molar-refractivity contribution in [2.24, 2.45) is 0 Å². The lowest BCUT2D eigenvalue weighted by atomic mass is 10.1. The number of ether oxygens (including phenoxy) is 1. The summed E-state index contributed by atoms with van der Waals surface area (Å²) in [7, 11) is 0. The van der Waals surface area contributed by atoms with Crippen LogP contribution >= 0.6 is 11.6 Å². The maximum Gasteiger partial charge on any atom is 0.387 e. The Balaban J connectivity index is 1.66. The van der Waals surface area contributed by atoms with Crippen molar-refractivity contribution in [1.82, 2.24) is 5.32 Å². The highest BCUT2D eigenvalue weighted by atomic mass is 35.5. The fraction of sp³-hybridized carbons (Fsp3) is 0.160. The van der Waals surface area contributed by atoms with Crippen LogP contribution in [0.15, 0.2) is 90.6 Å². The van der Waals surface area contributed by atoms with Crippen molar-refractivity contribution in [2.45, 2.75) is 25.6 Å². The molecule has 0 fully saturated rings. The lowest BCUT2D eigenvalue weighted by Gasteiger charge is -2.26. The zero-order valence-corrected chi connectivity index (χ0v) is 18.0. The number of carbonyl (C=O) groups excluding carboxylic acids is 1. The van der Waals surface area contributed by atoms with Crippen LogP contribution in [0.5, 0.6) is 5.75 Å². The minimum absolute atomic E-state index is 0.0266. The maximum absolute atomic E-state index is 13.4. The lowest BCUT2D eigenvalue weighted by Crippen LogP contribution is -2.33. The second-order valence-corrected chi connectivity index (χ2v) is 7.84. The van der Waals surface area contributed by atoms with E-state index in [2.05, 4.69) is 10.1 Å². The summed E-state index contributed by atoms with van der Waals surface area (Å²) < 4.78 is 29.4. The summed E-state index contributed by atoms with van der Waals surface area (Å²) in [4.78, 5) is 15.0. The number of anilines is 1. The SMILES string of the molecule is C[C@@H](NC1=C[C@@H](c2cccc(Cl)c2)N(c2ccc(OC(F)F)cc2)C1=O)c1ccccc1. The highest BCUT2D eigenvalue weighted by Gasteiger charge is 2.35. The minimum atomic E-state index is -2.91. The zero-order chi connectivity index (χ0) is 22.7. The fourth-order valence-corrected chi connectivity index (χ4v) is 3.93. The number of nitrogens with zero attached hydrogens (tertiary/aromatic N) is 1. The number of hydrogen-bond donors (Lipinski definition) is 1. The van der Waals surface area contributed by atoms with Gasteiger partial charge in [0.05, 0.1) is 11.7 Å². The molecule has 1 aliphatic heterocycles. The Hall–Kier alpha value is -3.38. The molecule has 3 aromatic rings. The van der Waals surface area contributed by atoms with Gasteiger partial charge in [-0.3, -0.25) is 9.69 Å². The van der Waals surface area contributed by atoms with Gasteiger partial charge < -0.3 is 10.1 Å². The van der Waals surface area contributed by atoms with Crippen molar-refractivity contribution in [3.63, 3.8) is 0 Å². The van der Waals surface area contributed by atoms with Gasteiger partial charge in [-0.05, 0) is 60.5 Å². The molecule has 7 heteroatoms. The van der Waals surface area contributed by atoms with Gasteiger partial charge in [0.1, 0.15) is 5.75 Å². The number of rotatable bonds is 7. The van der Waals surface area contributed by atoms with Crippen molar-refractivity contribution in [3.05, 3.63) is 107 Å². The molecule has 0 unspecified atom stereocenters. The summed E-state index contributed by atoms with van der Waals surface area (Å²) in [6.07, 6.45) is 1.86. The molecule has 4 rings (SSSR count). The van der Waals surface area contributed by atoms with Gasteiger partial charge in [0, 0.05) is 16.8 Å². The first-order chi connectivity index (χ1) is 15.4. The molecule has 1 aliphatic rings. The quantitative estimate of drug-likeness (QED) is 0.458. The van der Waals surface area contributed by atoms with Gasteiger partial charge in [-0.1, -0.05) is 54.1 Å². The molecule has 0 aliphatic carbocycles. The molecule has 0 saturated heterocycles. The monoisotopic (exact) mass is 454 g/mol. The largest absolute Gasteiger partial charge is 0.435 e. The molecule has 32 heavy (non-hydrogen) atoms. The summed E-state index contributed by atoms with van der Waals surface area (Å²) in [5.41, 5.74) is 2.90. The molecule has 1 heterocycles. The van der Waals surface area contributed by atoms with Crippen LogP contribution in [-0.2, 0) is 4.79 Å². The third-order valence-electron chi connectivity index (χ3n) is 5.25. The first-order valence-corrected chi connectivity index (χ1v) is 10.5. The molecule has 0 radical (unpaired) electrons. The summed E-state index contributed by atoms with van der Waals surface area (Å²) in [6, 6.07) is 22.6. The topological polar surface area (TPSA) is 41.6 Å². The van der Waals surface area contributed by atoms with Crippen molar-refractivity contribution in [3.8, 4) is 5.75 Å². The molecule has 1 N–H and O–H groups in total. The minimum Gasteiger partial charge on any atom is -0.435 e. The summed E-state index contributed by atoms with van der Waals surface area (Å²) in [6.45, 7) is -0.929. The molecule has 1 amide bonds. The normalized spacial score (nSPS) is 16.8. The average Bonchev–Trinajstić information content (AvgIpc) is 3.10. The molecule has 3 aromatic carbocycles. The van der Waals surface area contributed by atoms with Crippen LogP contribution in [0.2, 0.25) is 5.02 Å². The summed E-state index contributed by atoms with van der Waals surface area (Å²) in [5.74, 6) is -0.195. The van der Waals surface area contributed by atoms with Crippen molar-refractivity contribution in [2.75, 3.05) is 4.90 Å². The number of alkyl halides is 2. The number of hydrogen-bond acceptors (Lipinski definition) is 3. The number of nitrogens with one attached hydrogen (secondary N) is 1. The Bertz CT molecular complexity index is 1120. The Kier molecular flexibility index (Phi) is 6.42. The van der Waals surface area contributed by atoms with E-state index in [-0.39, 0.29) is 17.7 Å². The van der Waals surface area contributed by atoms with Crippen LogP contribution in [0.1, 0.15) is 30.1 Å². The second-order valence-electron chi connectivity index (χ2n) is 7.40. The van der Waals surface area contributed by atoms with Gasteiger partial charge in [0.2, 0.25) is 0 Å². The number of amides is 1. The van der Waals surface area contributed by atoms with Crippen molar-refractivity contribution in [1.29, 1.82) is 0 Å². The fourth-order valence-electron chi connectivity index (χ4n) is 3.73. The van der Waals surface area contributed by atoms with Crippen molar-refractivity contribution < 1.29 is 18.3 Å². The molecule has 0 aromatic heterocycles. The highest BCUT2D eigenvalue weighted by molar-refractivity contribution is 6.30. The first-order valence-electron chi connectivity index (χ1n) is 10.1. The molecule has 0 bridgehead atoms. The third-order valence-corrected chi connectivity index (χ3v) is 5.49. The highest BCUT2D eigenvalue weighted by Crippen LogP contribution is 2.37. The van der Waals surface area contributed by atoms with E-state index in [0.717, 1.165) is 11.1 Å². The van der Waals surface area contributed by atoms with Crippen LogP contribution in [0.4, 0.5) is 14.5 Å². The van der Waals surface area contributed by atoms with E-state index in [1.54, 1.807) is 29.2 Å². The second kappa shape index (κ2) is 9.40. The van der Waals surface area contributed by atoms with Gasteiger partial charge in [-0.15, -0.1) is 0 Å². The zero-order valence-electron chi connectivity index (χ0n) is 17.2. The Morgan fingerprint density at radius 1 is 1.00 bits per heavy atom. The predicted molar refractivity (Wildman–Crippen MR) is 121 cm³/mol. The van der Waals surface area contributed by atoms with Crippen LogP contribution in [0.25, 0.3) is 0 Å². The average molecular weight is 455 g/mol. The summed E-state index contributed by atoms with van der Waals surface area (Å²) >= 11 is 6.20. The standard InChI is InChI=1S/C25H21ClF2N2O2/c1-16(17-6-3-2-4-7-17)29-22-15-23(18-8-5-9-19(26)14-18)30(24(22)31)20-10-12-21(13-11-20)32-25(27)28/h2-16,23,25,29H,1H3/t16-,23+/m1/s1. The molecular weight excluding hydrogens is 434 g/mol. The molecule has 4 nitrogen and oxygen atoms in total. The van der Waals surface area contributed by atoms with Crippen LogP contribution in [0.3, 0.4) is 0 Å². The van der Waals surface area contributed by atoms with Crippen molar-refractivity contribution >= 4 is 23.2 Å². The molecule has 2 atom stereocenters. The third kappa shape index (κ3) is 4.75. The van der Waals surface area contributed by atoms with Crippen LogP contribution < -0.4 is 15.0 Å². The van der Waals surface area contributed by atoms with E-state index in [9.17, 15) is 13.6 Å². The Labute approximate surface area is 190 Å². The van der Waals surface area contributed by atoms with E-state index < -0.39 is 12.7 Å². The number of halogens is 3. The van der Waals surface area contributed by atoms with Gasteiger partial charge >= 0.3 is 6.61 Å². The Morgan fingerprint density at radius 2 is 1.72 bits per heavy atom. The molecule has 164 valence electrons. The first kappa shape index (κ1) is 21.8. The van der Waals surface area contributed by atoms with E-state index in [1.807, 2.05) is 55.5 Å². The number of carbonyl (C=O) groups is 1. The molecule has 0 spiro atoms. The lowest BCUT2D eigenvalue weighted by molar-refractivity contribution is -0.115. The van der Waals surface area contributed by atoms with Crippen LogP contribution in [-0.4, -0.2) is 12.5 Å². The number of benzene rings is 3. The van der Waals surface area contributed by atoms with Gasteiger partial charge in [0.15, 0.2) is 0 Å². The smallest absolute Gasteiger partial charge is 0.387 e.